The molecule has 2 aromatic carbocycles. The van der Waals surface area contributed by atoms with Crippen LogP contribution in [0.5, 0.6) is 0 Å². The van der Waals surface area contributed by atoms with E-state index in [0.717, 1.165) is 12.8 Å². The molecular weight excluding hydrogens is 324 g/mol. The molecule has 0 heterocycles. The van der Waals surface area contributed by atoms with Crippen LogP contribution in [0.1, 0.15) is 42.9 Å². The first-order valence-corrected chi connectivity index (χ1v) is 8.46. The first-order chi connectivity index (χ1) is 12.0. The average Bonchev–Trinajstić information content (AvgIpc) is 3.44. The molecule has 1 fully saturated rings. The highest BCUT2D eigenvalue weighted by Crippen LogP contribution is 2.32. The summed E-state index contributed by atoms with van der Waals surface area (Å²) >= 11 is 0. The van der Waals surface area contributed by atoms with E-state index in [-0.39, 0.29) is 24.3 Å². The van der Waals surface area contributed by atoms with Crippen LogP contribution in [0, 0.1) is 11.6 Å². The number of carbonyl (C=O) groups is 1. The summed E-state index contributed by atoms with van der Waals surface area (Å²) in [5, 5.41) is 10.4. The molecule has 0 aromatic heterocycles. The standard InChI is InChI=1S/C20H21F2NO2/c1-13(17-4-2-3-5-18(17)22)20(25)23(16-10-11-16)12-19(24)14-6-8-15(21)9-7-14/h2-9,13,16,19,24H,10-12H2,1H3. The van der Waals surface area contributed by atoms with Gasteiger partial charge in [-0.05, 0) is 49.1 Å². The van der Waals surface area contributed by atoms with E-state index in [1.165, 1.54) is 30.3 Å². The molecule has 0 bridgehead atoms. The van der Waals surface area contributed by atoms with E-state index >= 15 is 0 Å². The van der Waals surface area contributed by atoms with Gasteiger partial charge < -0.3 is 10.0 Å². The summed E-state index contributed by atoms with van der Waals surface area (Å²) in [4.78, 5) is 14.5. The molecule has 132 valence electrons. The third kappa shape index (κ3) is 4.04. The number of amides is 1. The van der Waals surface area contributed by atoms with Gasteiger partial charge in [0.25, 0.3) is 0 Å². The van der Waals surface area contributed by atoms with Crippen LogP contribution in [0.3, 0.4) is 0 Å². The maximum Gasteiger partial charge on any atom is 0.230 e. The number of aliphatic hydroxyl groups is 1. The fourth-order valence-corrected chi connectivity index (χ4v) is 2.99. The van der Waals surface area contributed by atoms with Gasteiger partial charge in [-0.3, -0.25) is 4.79 Å². The molecule has 2 atom stereocenters. The molecule has 3 nitrogen and oxygen atoms in total. The summed E-state index contributed by atoms with van der Waals surface area (Å²) < 4.78 is 27.0. The number of rotatable bonds is 6. The molecule has 3 rings (SSSR count). The second-order valence-electron chi connectivity index (χ2n) is 6.53. The zero-order valence-electron chi connectivity index (χ0n) is 14.0. The zero-order valence-corrected chi connectivity index (χ0v) is 14.0. The first kappa shape index (κ1) is 17.5. The quantitative estimate of drug-likeness (QED) is 0.865. The van der Waals surface area contributed by atoms with Crippen molar-refractivity contribution in [1.82, 2.24) is 4.90 Å². The average molecular weight is 345 g/mol. The Morgan fingerprint density at radius 3 is 2.40 bits per heavy atom. The van der Waals surface area contributed by atoms with Gasteiger partial charge >= 0.3 is 0 Å². The van der Waals surface area contributed by atoms with Gasteiger partial charge in [-0.25, -0.2) is 8.78 Å². The minimum Gasteiger partial charge on any atom is -0.387 e. The highest BCUT2D eigenvalue weighted by atomic mass is 19.1. The zero-order chi connectivity index (χ0) is 18.0. The molecule has 0 saturated heterocycles. The normalized spacial score (nSPS) is 16.3. The maximum atomic E-state index is 14.0. The minimum atomic E-state index is -0.905. The van der Waals surface area contributed by atoms with Gasteiger partial charge in [-0.2, -0.15) is 0 Å². The Hall–Kier alpha value is -2.27. The van der Waals surface area contributed by atoms with E-state index in [9.17, 15) is 18.7 Å². The lowest BCUT2D eigenvalue weighted by Gasteiger charge is -2.28. The van der Waals surface area contributed by atoms with Gasteiger partial charge in [0.2, 0.25) is 5.91 Å². The molecule has 1 aliphatic carbocycles. The predicted molar refractivity (Wildman–Crippen MR) is 90.9 cm³/mol. The summed E-state index contributed by atoms with van der Waals surface area (Å²) in [5.41, 5.74) is 0.910. The summed E-state index contributed by atoms with van der Waals surface area (Å²) in [6.45, 7) is 1.80. The Balaban J connectivity index is 1.75. The van der Waals surface area contributed by atoms with Crippen molar-refractivity contribution in [1.29, 1.82) is 0 Å². The Morgan fingerprint density at radius 1 is 1.16 bits per heavy atom. The van der Waals surface area contributed by atoms with E-state index in [4.69, 9.17) is 0 Å². The van der Waals surface area contributed by atoms with Crippen molar-refractivity contribution in [3.63, 3.8) is 0 Å². The summed E-state index contributed by atoms with van der Waals surface area (Å²) in [6.07, 6.45) is 0.857. The van der Waals surface area contributed by atoms with Gasteiger partial charge in [0.15, 0.2) is 0 Å². The number of benzene rings is 2. The van der Waals surface area contributed by atoms with Crippen LogP contribution >= 0.6 is 0 Å². The van der Waals surface area contributed by atoms with E-state index < -0.39 is 17.8 Å². The third-order valence-electron chi connectivity index (χ3n) is 4.64. The molecule has 0 aliphatic heterocycles. The molecule has 1 saturated carbocycles. The van der Waals surface area contributed by atoms with Crippen molar-refractivity contribution in [2.24, 2.45) is 0 Å². The monoisotopic (exact) mass is 345 g/mol. The Kier molecular flexibility index (Phi) is 5.13. The summed E-state index contributed by atoms with van der Waals surface area (Å²) in [6, 6.07) is 11.9. The Morgan fingerprint density at radius 2 is 1.80 bits per heavy atom. The SMILES string of the molecule is CC(C(=O)N(CC(O)c1ccc(F)cc1)C1CC1)c1ccccc1F. The number of aliphatic hydroxyl groups excluding tert-OH is 1. The molecule has 0 radical (unpaired) electrons. The smallest absolute Gasteiger partial charge is 0.230 e. The fourth-order valence-electron chi connectivity index (χ4n) is 2.99. The van der Waals surface area contributed by atoms with E-state index in [1.807, 2.05) is 0 Å². The van der Waals surface area contributed by atoms with Gasteiger partial charge in [0.05, 0.1) is 18.6 Å². The first-order valence-electron chi connectivity index (χ1n) is 8.46. The largest absolute Gasteiger partial charge is 0.387 e. The Bertz CT molecular complexity index is 744. The van der Waals surface area contributed by atoms with Crippen molar-refractivity contribution in [3.8, 4) is 0 Å². The highest BCUT2D eigenvalue weighted by molar-refractivity contribution is 5.84. The number of carbonyl (C=O) groups excluding carboxylic acids is 1. The van der Waals surface area contributed by atoms with Crippen LogP contribution in [0.25, 0.3) is 0 Å². The number of halogens is 2. The van der Waals surface area contributed by atoms with Crippen molar-refractivity contribution < 1.29 is 18.7 Å². The number of hydrogen-bond donors (Lipinski definition) is 1. The van der Waals surface area contributed by atoms with E-state index in [0.29, 0.717) is 11.1 Å². The molecule has 25 heavy (non-hydrogen) atoms. The van der Waals surface area contributed by atoms with Crippen LogP contribution in [-0.4, -0.2) is 28.5 Å². The van der Waals surface area contributed by atoms with Gasteiger partial charge in [0.1, 0.15) is 11.6 Å². The van der Waals surface area contributed by atoms with Crippen molar-refractivity contribution in [2.75, 3.05) is 6.54 Å². The summed E-state index contributed by atoms with van der Waals surface area (Å²) in [7, 11) is 0. The fraction of sp³-hybridized carbons (Fsp3) is 0.350. The van der Waals surface area contributed by atoms with E-state index in [2.05, 4.69) is 0 Å². The van der Waals surface area contributed by atoms with Crippen LogP contribution < -0.4 is 0 Å². The van der Waals surface area contributed by atoms with Crippen molar-refractivity contribution in [2.45, 2.75) is 37.8 Å². The van der Waals surface area contributed by atoms with Crippen LogP contribution in [-0.2, 0) is 4.79 Å². The summed E-state index contributed by atoms with van der Waals surface area (Å²) in [5.74, 6) is -1.60. The van der Waals surface area contributed by atoms with E-state index in [1.54, 1.807) is 30.0 Å². The van der Waals surface area contributed by atoms with Crippen molar-refractivity contribution >= 4 is 5.91 Å². The topological polar surface area (TPSA) is 40.5 Å². The Labute approximate surface area is 145 Å². The lowest BCUT2D eigenvalue weighted by molar-refractivity contribution is -0.134. The molecule has 0 spiro atoms. The maximum absolute atomic E-state index is 14.0. The van der Waals surface area contributed by atoms with Gasteiger partial charge in [-0.15, -0.1) is 0 Å². The molecule has 1 aliphatic rings. The lowest BCUT2D eigenvalue weighted by atomic mass is 9.98. The molecule has 2 unspecified atom stereocenters. The molecule has 1 N–H and O–H groups in total. The second kappa shape index (κ2) is 7.31. The number of hydrogen-bond acceptors (Lipinski definition) is 2. The second-order valence-corrected chi connectivity index (χ2v) is 6.53. The molecule has 5 heteroatoms. The predicted octanol–water partition coefficient (Wildman–Crippen LogP) is 3.79. The van der Waals surface area contributed by atoms with Gasteiger partial charge in [-0.1, -0.05) is 30.3 Å². The molecular formula is C20H21F2NO2. The van der Waals surface area contributed by atoms with Crippen molar-refractivity contribution in [3.05, 3.63) is 71.3 Å². The lowest BCUT2D eigenvalue weighted by Crippen LogP contribution is -2.39. The van der Waals surface area contributed by atoms with Crippen LogP contribution in [0.2, 0.25) is 0 Å². The molecule has 1 amide bonds. The van der Waals surface area contributed by atoms with Gasteiger partial charge in [0, 0.05) is 6.04 Å². The third-order valence-corrected chi connectivity index (χ3v) is 4.64. The minimum absolute atomic E-state index is 0.0804. The number of nitrogens with zero attached hydrogens (tertiary/aromatic N) is 1. The van der Waals surface area contributed by atoms with Crippen LogP contribution in [0.15, 0.2) is 48.5 Å². The van der Waals surface area contributed by atoms with Crippen LogP contribution in [0.4, 0.5) is 8.78 Å². The highest BCUT2D eigenvalue weighted by Gasteiger charge is 2.36. The molecule has 2 aromatic rings.